The number of nitrogens with one attached hydrogen (secondary N) is 2. The van der Waals surface area contributed by atoms with Gasteiger partial charge in [0.25, 0.3) is 0 Å². The number of nitrogens with zero attached hydrogens (tertiary/aromatic N) is 2. The first-order chi connectivity index (χ1) is 14.1. The molecule has 0 atom stereocenters. The van der Waals surface area contributed by atoms with Crippen LogP contribution in [-0.4, -0.2) is 45.2 Å². The van der Waals surface area contributed by atoms with Gasteiger partial charge in [0.05, 0.1) is 14.2 Å². The van der Waals surface area contributed by atoms with Gasteiger partial charge >= 0.3 is 0 Å². The molecule has 0 aliphatic heterocycles. The number of rotatable bonds is 10. The van der Waals surface area contributed by atoms with E-state index in [9.17, 15) is 0 Å². The van der Waals surface area contributed by atoms with Crippen LogP contribution in [0.4, 0.5) is 0 Å². The first-order valence-corrected chi connectivity index (χ1v) is 10.1. The van der Waals surface area contributed by atoms with Crippen molar-refractivity contribution in [2.45, 2.75) is 33.5 Å². The molecule has 0 fully saturated rings. The van der Waals surface area contributed by atoms with Gasteiger partial charge < -0.3 is 20.1 Å². The van der Waals surface area contributed by atoms with Crippen molar-refractivity contribution in [2.75, 3.05) is 34.4 Å². The van der Waals surface area contributed by atoms with Crippen molar-refractivity contribution in [1.29, 1.82) is 0 Å². The van der Waals surface area contributed by atoms with E-state index in [-0.39, 0.29) is 0 Å². The van der Waals surface area contributed by atoms with Crippen molar-refractivity contribution >= 4 is 5.96 Å². The van der Waals surface area contributed by atoms with Crippen molar-refractivity contribution < 1.29 is 9.47 Å². The summed E-state index contributed by atoms with van der Waals surface area (Å²) in [5.41, 5.74) is 3.60. The first kappa shape index (κ1) is 22.6. The van der Waals surface area contributed by atoms with Gasteiger partial charge in [-0.2, -0.15) is 0 Å². The normalized spacial score (nSPS) is 11.4. The second-order valence-corrected chi connectivity index (χ2v) is 6.73. The Kier molecular flexibility index (Phi) is 9.31. The van der Waals surface area contributed by atoms with E-state index in [4.69, 9.17) is 9.47 Å². The maximum atomic E-state index is 5.45. The molecule has 0 amide bonds. The number of hydrogen-bond acceptors (Lipinski definition) is 4. The second kappa shape index (κ2) is 12.0. The van der Waals surface area contributed by atoms with Gasteiger partial charge in [0.15, 0.2) is 5.96 Å². The van der Waals surface area contributed by atoms with Crippen LogP contribution in [0.2, 0.25) is 0 Å². The summed E-state index contributed by atoms with van der Waals surface area (Å²) in [7, 11) is 5.08. The highest BCUT2D eigenvalue weighted by Crippen LogP contribution is 2.24. The molecule has 0 saturated carbocycles. The summed E-state index contributed by atoms with van der Waals surface area (Å²) in [6, 6.07) is 14.5. The quantitative estimate of drug-likeness (QED) is 0.474. The Labute approximate surface area is 174 Å². The molecule has 158 valence electrons. The van der Waals surface area contributed by atoms with E-state index in [1.54, 1.807) is 21.3 Å². The Bertz CT molecular complexity index is 771. The molecule has 0 aromatic heterocycles. The zero-order valence-corrected chi connectivity index (χ0v) is 18.3. The van der Waals surface area contributed by atoms with Crippen LogP contribution >= 0.6 is 0 Å². The number of ether oxygens (including phenoxy) is 2. The van der Waals surface area contributed by atoms with Gasteiger partial charge in [-0.1, -0.05) is 38.1 Å². The highest BCUT2D eigenvalue weighted by atomic mass is 16.5. The molecular formula is C23H34N4O2. The van der Waals surface area contributed by atoms with Gasteiger partial charge in [-0.25, -0.2) is 0 Å². The third-order valence-electron chi connectivity index (χ3n) is 4.95. The minimum absolute atomic E-state index is 0.607. The summed E-state index contributed by atoms with van der Waals surface area (Å²) in [5.74, 6) is 2.31. The smallest absolute Gasteiger partial charge is 0.191 e. The fraction of sp³-hybridized carbons (Fsp3) is 0.435. The lowest BCUT2D eigenvalue weighted by Crippen LogP contribution is -2.36. The van der Waals surface area contributed by atoms with Crippen molar-refractivity contribution in [1.82, 2.24) is 15.5 Å². The maximum absolute atomic E-state index is 5.45. The number of hydrogen-bond donors (Lipinski definition) is 2. The molecule has 2 aromatic rings. The SMILES string of the molecule is CCN(CC)Cc1ccc(CNC(=NC)NCc2ccc(OC)cc2OC)cc1. The predicted octanol–water partition coefficient (Wildman–Crippen LogP) is 3.41. The van der Waals surface area contributed by atoms with Crippen LogP contribution in [0.5, 0.6) is 11.5 Å². The third kappa shape index (κ3) is 6.98. The Balaban J connectivity index is 1.88. The van der Waals surface area contributed by atoms with E-state index < -0.39 is 0 Å². The van der Waals surface area contributed by atoms with E-state index in [2.05, 4.69) is 58.6 Å². The molecule has 2 rings (SSSR count). The summed E-state index contributed by atoms with van der Waals surface area (Å²) in [4.78, 5) is 6.72. The molecule has 29 heavy (non-hydrogen) atoms. The van der Waals surface area contributed by atoms with E-state index in [1.165, 1.54) is 11.1 Å². The van der Waals surface area contributed by atoms with Crippen LogP contribution in [-0.2, 0) is 19.6 Å². The average Bonchev–Trinajstić information content (AvgIpc) is 2.78. The van der Waals surface area contributed by atoms with E-state index in [1.807, 2.05) is 18.2 Å². The minimum atomic E-state index is 0.607. The van der Waals surface area contributed by atoms with E-state index >= 15 is 0 Å². The Morgan fingerprint density at radius 3 is 2.14 bits per heavy atom. The Hall–Kier alpha value is -2.73. The van der Waals surface area contributed by atoms with Crippen molar-refractivity contribution in [3.05, 3.63) is 59.2 Å². The minimum Gasteiger partial charge on any atom is -0.497 e. The summed E-state index contributed by atoms with van der Waals surface area (Å²) < 4.78 is 10.7. The highest BCUT2D eigenvalue weighted by molar-refractivity contribution is 5.79. The molecule has 2 N–H and O–H groups in total. The second-order valence-electron chi connectivity index (χ2n) is 6.73. The van der Waals surface area contributed by atoms with Crippen molar-refractivity contribution in [2.24, 2.45) is 4.99 Å². The molecule has 0 heterocycles. The van der Waals surface area contributed by atoms with Gasteiger partial charge in [0.1, 0.15) is 11.5 Å². The number of benzene rings is 2. The average molecular weight is 399 g/mol. The number of methoxy groups -OCH3 is 2. The summed E-state index contributed by atoms with van der Waals surface area (Å²) in [6.07, 6.45) is 0. The van der Waals surface area contributed by atoms with Gasteiger partial charge in [-0.3, -0.25) is 9.89 Å². The first-order valence-electron chi connectivity index (χ1n) is 10.1. The lowest BCUT2D eigenvalue weighted by Gasteiger charge is -2.18. The number of guanidine groups is 1. The molecule has 6 heteroatoms. The van der Waals surface area contributed by atoms with Crippen molar-refractivity contribution in [3.63, 3.8) is 0 Å². The zero-order valence-electron chi connectivity index (χ0n) is 18.3. The standard InChI is InChI=1S/C23H34N4O2/c1-6-27(7-2)17-19-10-8-18(9-11-19)15-25-23(24-3)26-16-20-12-13-21(28-4)14-22(20)29-5/h8-14H,6-7,15-17H2,1-5H3,(H2,24,25,26). The molecule has 0 bridgehead atoms. The van der Waals surface area contributed by atoms with E-state index in [0.29, 0.717) is 13.1 Å². The van der Waals surface area contributed by atoms with Crippen molar-refractivity contribution in [3.8, 4) is 11.5 Å². The lowest BCUT2D eigenvalue weighted by molar-refractivity contribution is 0.296. The van der Waals surface area contributed by atoms with E-state index in [0.717, 1.165) is 42.7 Å². The third-order valence-corrected chi connectivity index (χ3v) is 4.95. The molecule has 2 aromatic carbocycles. The summed E-state index contributed by atoms with van der Waals surface area (Å²) in [5, 5.41) is 6.69. The molecule has 0 aliphatic rings. The predicted molar refractivity (Wildman–Crippen MR) is 120 cm³/mol. The van der Waals surface area contributed by atoms with Crippen LogP contribution in [0.3, 0.4) is 0 Å². The Morgan fingerprint density at radius 1 is 0.897 bits per heavy atom. The molecule has 0 radical (unpaired) electrons. The summed E-state index contributed by atoms with van der Waals surface area (Å²) in [6.45, 7) is 8.85. The molecular weight excluding hydrogens is 364 g/mol. The molecule has 0 unspecified atom stereocenters. The van der Waals surface area contributed by atoms with Gasteiger partial charge in [0, 0.05) is 38.3 Å². The van der Waals surface area contributed by atoms with Gasteiger partial charge in [0.2, 0.25) is 0 Å². The topological polar surface area (TPSA) is 58.1 Å². The largest absolute Gasteiger partial charge is 0.497 e. The number of aliphatic imine (C=N–C) groups is 1. The molecule has 0 saturated heterocycles. The highest BCUT2D eigenvalue weighted by Gasteiger charge is 2.07. The maximum Gasteiger partial charge on any atom is 0.191 e. The molecule has 6 nitrogen and oxygen atoms in total. The van der Waals surface area contributed by atoms with Crippen LogP contribution < -0.4 is 20.1 Å². The van der Waals surface area contributed by atoms with Gasteiger partial charge in [-0.15, -0.1) is 0 Å². The van der Waals surface area contributed by atoms with Crippen LogP contribution in [0.1, 0.15) is 30.5 Å². The Morgan fingerprint density at radius 2 is 1.55 bits per heavy atom. The lowest BCUT2D eigenvalue weighted by atomic mass is 10.1. The van der Waals surface area contributed by atoms with Crippen LogP contribution in [0.25, 0.3) is 0 Å². The monoisotopic (exact) mass is 398 g/mol. The molecule has 0 aliphatic carbocycles. The van der Waals surface area contributed by atoms with Crippen LogP contribution in [0.15, 0.2) is 47.5 Å². The zero-order chi connectivity index (χ0) is 21.1. The van der Waals surface area contributed by atoms with Gasteiger partial charge in [-0.05, 0) is 36.3 Å². The summed E-state index contributed by atoms with van der Waals surface area (Å²) >= 11 is 0. The fourth-order valence-electron chi connectivity index (χ4n) is 3.05. The van der Waals surface area contributed by atoms with Crippen LogP contribution in [0, 0.1) is 0 Å². The fourth-order valence-corrected chi connectivity index (χ4v) is 3.05. The molecule has 0 spiro atoms.